The molecule has 0 aliphatic rings. The van der Waals surface area contributed by atoms with Crippen LogP contribution in [0.4, 0.5) is 4.39 Å². The topological polar surface area (TPSA) is 39.7 Å². The first-order valence-corrected chi connectivity index (χ1v) is 5.90. The summed E-state index contributed by atoms with van der Waals surface area (Å²) in [7, 11) is 3.43. The summed E-state index contributed by atoms with van der Waals surface area (Å²) in [5, 5.41) is 2.96. The molecule has 5 heteroatoms. The number of nitrogens with one attached hydrogen (secondary N) is 1. The Kier molecular flexibility index (Phi) is 7.32. The number of ether oxygens (including phenoxy) is 3. The standard InChI is InChI=1S/C13H20FNO3/c1-15-10-11-3-4-13(12(14)9-11)18-8-7-17-6-5-16-2/h3-4,9,15H,5-8,10H2,1-2H3. The van der Waals surface area contributed by atoms with Crippen LogP contribution in [0.15, 0.2) is 18.2 Å². The minimum Gasteiger partial charge on any atom is -0.488 e. The lowest BCUT2D eigenvalue weighted by molar-refractivity contribution is 0.0538. The Morgan fingerprint density at radius 1 is 1.17 bits per heavy atom. The van der Waals surface area contributed by atoms with Crippen molar-refractivity contribution in [3.8, 4) is 5.75 Å². The van der Waals surface area contributed by atoms with Crippen LogP contribution in [0.1, 0.15) is 5.56 Å². The van der Waals surface area contributed by atoms with Gasteiger partial charge in [0, 0.05) is 13.7 Å². The maximum absolute atomic E-state index is 13.6. The summed E-state index contributed by atoms with van der Waals surface area (Å²) in [6.45, 7) is 2.45. The second kappa shape index (κ2) is 8.85. The molecule has 0 amide bonds. The number of halogens is 1. The molecule has 1 aromatic rings. The second-order valence-corrected chi connectivity index (χ2v) is 3.75. The van der Waals surface area contributed by atoms with Gasteiger partial charge in [0.2, 0.25) is 0 Å². The van der Waals surface area contributed by atoms with Gasteiger partial charge >= 0.3 is 0 Å². The van der Waals surface area contributed by atoms with Crippen molar-refractivity contribution in [3.63, 3.8) is 0 Å². The molecule has 4 nitrogen and oxygen atoms in total. The van der Waals surface area contributed by atoms with Crippen molar-refractivity contribution in [1.29, 1.82) is 0 Å². The van der Waals surface area contributed by atoms with Crippen LogP contribution in [-0.4, -0.2) is 40.6 Å². The smallest absolute Gasteiger partial charge is 0.165 e. The highest BCUT2D eigenvalue weighted by atomic mass is 19.1. The quantitative estimate of drug-likeness (QED) is 0.682. The molecule has 0 spiro atoms. The van der Waals surface area contributed by atoms with Crippen molar-refractivity contribution in [1.82, 2.24) is 5.32 Å². The van der Waals surface area contributed by atoms with Crippen LogP contribution in [-0.2, 0) is 16.0 Å². The lowest BCUT2D eigenvalue weighted by atomic mass is 10.2. The highest BCUT2D eigenvalue weighted by Gasteiger charge is 2.04. The predicted molar refractivity (Wildman–Crippen MR) is 67.4 cm³/mol. The van der Waals surface area contributed by atoms with Crippen LogP contribution < -0.4 is 10.1 Å². The molecule has 0 saturated heterocycles. The molecule has 0 fully saturated rings. The van der Waals surface area contributed by atoms with E-state index in [1.165, 1.54) is 6.07 Å². The van der Waals surface area contributed by atoms with E-state index in [4.69, 9.17) is 14.2 Å². The maximum atomic E-state index is 13.6. The molecule has 0 heterocycles. The summed E-state index contributed by atoms with van der Waals surface area (Å²) < 4.78 is 28.9. The van der Waals surface area contributed by atoms with Gasteiger partial charge in [0.25, 0.3) is 0 Å². The summed E-state index contributed by atoms with van der Waals surface area (Å²) in [5.41, 5.74) is 0.888. The highest BCUT2D eigenvalue weighted by Crippen LogP contribution is 2.18. The van der Waals surface area contributed by atoms with Gasteiger partial charge in [-0.1, -0.05) is 6.07 Å². The Morgan fingerprint density at radius 3 is 2.61 bits per heavy atom. The second-order valence-electron chi connectivity index (χ2n) is 3.75. The Morgan fingerprint density at radius 2 is 1.94 bits per heavy atom. The molecule has 0 aliphatic carbocycles. The van der Waals surface area contributed by atoms with E-state index in [0.29, 0.717) is 33.0 Å². The van der Waals surface area contributed by atoms with Crippen LogP contribution in [0.2, 0.25) is 0 Å². The van der Waals surface area contributed by atoms with Gasteiger partial charge in [-0.05, 0) is 24.7 Å². The molecule has 0 aromatic heterocycles. The summed E-state index contributed by atoms with van der Waals surface area (Å²) in [6.07, 6.45) is 0. The van der Waals surface area contributed by atoms with Crippen molar-refractivity contribution in [3.05, 3.63) is 29.6 Å². The third kappa shape index (κ3) is 5.44. The number of benzene rings is 1. The average Bonchev–Trinajstić information content (AvgIpc) is 2.36. The fourth-order valence-corrected chi connectivity index (χ4v) is 1.43. The van der Waals surface area contributed by atoms with Gasteiger partial charge in [-0.2, -0.15) is 0 Å². The predicted octanol–water partition coefficient (Wildman–Crippen LogP) is 1.59. The summed E-state index contributed by atoms with van der Waals surface area (Å²) >= 11 is 0. The van der Waals surface area contributed by atoms with Crippen molar-refractivity contribution in [2.24, 2.45) is 0 Å². The fourth-order valence-electron chi connectivity index (χ4n) is 1.43. The van der Waals surface area contributed by atoms with E-state index in [-0.39, 0.29) is 11.6 Å². The van der Waals surface area contributed by atoms with Gasteiger partial charge in [-0.3, -0.25) is 0 Å². The molecule has 1 rings (SSSR count). The van der Waals surface area contributed by atoms with Crippen molar-refractivity contribution in [2.75, 3.05) is 40.6 Å². The normalized spacial score (nSPS) is 10.6. The lowest BCUT2D eigenvalue weighted by Gasteiger charge is -2.09. The van der Waals surface area contributed by atoms with Crippen LogP contribution in [0.5, 0.6) is 5.75 Å². The maximum Gasteiger partial charge on any atom is 0.165 e. The van der Waals surface area contributed by atoms with Gasteiger partial charge in [-0.25, -0.2) is 4.39 Å². The van der Waals surface area contributed by atoms with E-state index < -0.39 is 0 Å². The van der Waals surface area contributed by atoms with E-state index in [9.17, 15) is 4.39 Å². The minimum atomic E-state index is -0.348. The van der Waals surface area contributed by atoms with E-state index >= 15 is 0 Å². The molecule has 0 radical (unpaired) electrons. The largest absolute Gasteiger partial charge is 0.488 e. The molecule has 0 atom stereocenters. The van der Waals surface area contributed by atoms with Gasteiger partial charge in [0.05, 0.1) is 19.8 Å². The average molecular weight is 257 g/mol. The van der Waals surface area contributed by atoms with Crippen LogP contribution >= 0.6 is 0 Å². The number of hydrogen-bond donors (Lipinski definition) is 1. The summed E-state index contributed by atoms with van der Waals surface area (Å²) in [4.78, 5) is 0. The van der Waals surface area contributed by atoms with Gasteiger partial charge in [-0.15, -0.1) is 0 Å². The fraction of sp³-hybridized carbons (Fsp3) is 0.538. The third-order valence-electron chi connectivity index (χ3n) is 2.29. The first kappa shape index (κ1) is 14.9. The van der Waals surface area contributed by atoms with Crippen LogP contribution in [0.3, 0.4) is 0 Å². The molecule has 1 aromatic carbocycles. The minimum absolute atomic E-state index is 0.255. The molecular weight excluding hydrogens is 237 g/mol. The van der Waals surface area contributed by atoms with Crippen molar-refractivity contribution >= 4 is 0 Å². The van der Waals surface area contributed by atoms with Gasteiger partial charge in [0.15, 0.2) is 11.6 Å². The van der Waals surface area contributed by atoms with E-state index in [0.717, 1.165) is 5.56 Å². The molecule has 0 aliphatic heterocycles. The third-order valence-corrected chi connectivity index (χ3v) is 2.29. The Hall–Kier alpha value is -1.17. The van der Waals surface area contributed by atoms with Crippen LogP contribution in [0.25, 0.3) is 0 Å². The number of hydrogen-bond acceptors (Lipinski definition) is 4. The highest BCUT2D eigenvalue weighted by molar-refractivity contribution is 5.29. The van der Waals surface area contributed by atoms with Crippen molar-refractivity contribution < 1.29 is 18.6 Å². The number of methoxy groups -OCH3 is 1. The van der Waals surface area contributed by atoms with Gasteiger partial charge < -0.3 is 19.5 Å². The molecule has 0 bridgehead atoms. The van der Waals surface area contributed by atoms with E-state index in [1.807, 2.05) is 13.1 Å². The molecule has 18 heavy (non-hydrogen) atoms. The molecular formula is C13H20FNO3. The van der Waals surface area contributed by atoms with Crippen molar-refractivity contribution in [2.45, 2.75) is 6.54 Å². The summed E-state index contributed by atoms with van der Waals surface area (Å²) in [5.74, 6) is -0.0927. The van der Waals surface area contributed by atoms with Gasteiger partial charge in [0.1, 0.15) is 6.61 Å². The first-order chi connectivity index (χ1) is 8.77. The Labute approximate surface area is 107 Å². The first-order valence-electron chi connectivity index (χ1n) is 5.90. The monoisotopic (exact) mass is 257 g/mol. The summed E-state index contributed by atoms with van der Waals surface area (Å²) in [6, 6.07) is 4.94. The van der Waals surface area contributed by atoms with Crippen LogP contribution in [0, 0.1) is 5.82 Å². The molecule has 0 saturated carbocycles. The zero-order chi connectivity index (χ0) is 13.2. The van der Waals surface area contributed by atoms with E-state index in [2.05, 4.69) is 5.32 Å². The zero-order valence-corrected chi connectivity index (χ0v) is 10.9. The molecule has 1 N–H and O–H groups in total. The Bertz CT molecular complexity index is 347. The molecule has 0 unspecified atom stereocenters. The number of rotatable bonds is 9. The molecule has 102 valence electrons. The van der Waals surface area contributed by atoms with E-state index in [1.54, 1.807) is 13.2 Å². The zero-order valence-electron chi connectivity index (χ0n) is 10.9. The lowest BCUT2D eigenvalue weighted by Crippen LogP contribution is -2.11. The Balaban J connectivity index is 2.29. The SMILES string of the molecule is CNCc1ccc(OCCOCCOC)c(F)c1.